The van der Waals surface area contributed by atoms with E-state index >= 15 is 0 Å². The molecule has 35 heavy (non-hydrogen) atoms. The standard InChI is InChI=1S/C28H10N2O4S/c31-25-13-5-1-9-17-11(3-7-15(19(13)17)27(33)29-25)23-21(9)22-10-2-6-14-20-16(28(34)30-26(14)32)8-4-12(18(10)20)24(22)35-23/h1-8H,(H,29,31,33)(H,30,32,34). The van der Waals surface area contributed by atoms with E-state index in [0.717, 1.165) is 52.5 Å². The van der Waals surface area contributed by atoms with Gasteiger partial charge in [0.2, 0.25) is 0 Å². The van der Waals surface area contributed by atoms with Crippen LogP contribution in [0.15, 0.2) is 48.5 Å². The number of imide groups is 2. The number of hydrogen-bond donors (Lipinski definition) is 2. The smallest absolute Gasteiger partial charge is 0.258 e. The summed E-state index contributed by atoms with van der Waals surface area (Å²) in [5.74, 6) is -1.50. The molecule has 2 N–H and O–H groups in total. The van der Waals surface area contributed by atoms with Gasteiger partial charge in [0.25, 0.3) is 23.6 Å². The first-order valence-corrected chi connectivity index (χ1v) is 11.9. The van der Waals surface area contributed by atoms with Crippen LogP contribution in [0.5, 0.6) is 0 Å². The molecule has 7 aromatic rings. The highest BCUT2D eigenvalue weighted by Crippen LogP contribution is 2.53. The molecule has 0 fully saturated rings. The van der Waals surface area contributed by atoms with E-state index in [1.165, 1.54) is 0 Å². The molecule has 0 radical (unpaired) electrons. The van der Waals surface area contributed by atoms with Gasteiger partial charge in [-0.3, -0.25) is 29.8 Å². The van der Waals surface area contributed by atoms with Crippen molar-refractivity contribution in [3.8, 4) is 0 Å². The quantitative estimate of drug-likeness (QED) is 0.294. The van der Waals surface area contributed by atoms with Crippen LogP contribution in [0.4, 0.5) is 0 Å². The Hall–Kier alpha value is -4.62. The van der Waals surface area contributed by atoms with Gasteiger partial charge in [-0.25, -0.2) is 0 Å². The van der Waals surface area contributed by atoms with Gasteiger partial charge in [0.05, 0.1) is 0 Å². The topological polar surface area (TPSA) is 92.3 Å². The number of amides is 4. The molecule has 0 spiro atoms. The summed E-state index contributed by atoms with van der Waals surface area (Å²) >= 11 is 1.68. The third-order valence-corrected chi connectivity index (χ3v) is 8.95. The highest BCUT2D eigenvalue weighted by Gasteiger charge is 2.32. The maximum atomic E-state index is 12.6. The highest BCUT2D eigenvalue weighted by molar-refractivity contribution is 7.28. The van der Waals surface area contributed by atoms with Crippen molar-refractivity contribution in [2.45, 2.75) is 0 Å². The van der Waals surface area contributed by atoms with Crippen molar-refractivity contribution in [1.29, 1.82) is 0 Å². The van der Waals surface area contributed by atoms with E-state index in [4.69, 9.17) is 0 Å². The summed E-state index contributed by atoms with van der Waals surface area (Å²) in [6.45, 7) is 0. The summed E-state index contributed by atoms with van der Waals surface area (Å²) in [7, 11) is 0. The second-order valence-electron chi connectivity index (χ2n) is 9.22. The van der Waals surface area contributed by atoms with Crippen LogP contribution in [0, 0.1) is 0 Å². The number of nitrogens with one attached hydrogen (secondary N) is 2. The average molecular weight is 470 g/mol. The number of thiophene rings is 1. The van der Waals surface area contributed by atoms with E-state index in [1.807, 2.05) is 24.3 Å². The lowest BCUT2D eigenvalue weighted by molar-refractivity contribution is 0.0828. The number of fused-ring (bicyclic) bond motifs is 7. The number of hydrogen-bond acceptors (Lipinski definition) is 5. The van der Waals surface area contributed by atoms with Crippen LogP contribution in [-0.2, 0) is 0 Å². The molecule has 0 bridgehead atoms. The van der Waals surface area contributed by atoms with Gasteiger partial charge in [-0.2, -0.15) is 0 Å². The molecule has 6 nitrogen and oxygen atoms in total. The summed E-state index contributed by atoms with van der Waals surface area (Å²) in [5.41, 5.74) is 2.05. The zero-order chi connectivity index (χ0) is 23.3. The maximum absolute atomic E-state index is 12.6. The van der Waals surface area contributed by atoms with Crippen molar-refractivity contribution in [2.75, 3.05) is 0 Å². The Bertz CT molecular complexity index is 2040. The Morgan fingerprint density at radius 1 is 0.400 bits per heavy atom. The van der Waals surface area contributed by atoms with Crippen LogP contribution in [-0.4, -0.2) is 23.6 Å². The van der Waals surface area contributed by atoms with Gasteiger partial charge in [-0.05, 0) is 45.8 Å². The van der Waals surface area contributed by atoms with Gasteiger partial charge >= 0.3 is 0 Å². The monoisotopic (exact) mass is 470 g/mol. The minimum absolute atomic E-state index is 0.374. The van der Waals surface area contributed by atoms with Gasteiger partial charge in [0.15, 0.2) is 0 Å². The predicted octanol–water partition coefficient (Wildman–Crippen LogP) is 5.31. The zero-order valence-electron chi connectivity index (χ0n) is 17.7. The lowest BCUT2D eigenvalue weighted by Gasteiger charge is -2.16. The predicted molar refractivity (Wildman–Crippen MR) is 135 cm³/mol. The van der Waals surface area contributed by atoms with Crippen LogP contribution < -0.4 is 10.6 Å². The second kappa shape index (κ2) is 5.37. The highest BCUT2D eigenvalue weighted by atomic mass is 32.1. The first-order valence-electron chi connectivity index (χ1n) is 11.1. The fourth-order valence-corrected chi connectivity index (χ4v) is 7.74. The summed E-state index contributed by atoms with van der Waals surface area (Å²) in [5, 5.41) is 14.4. The van der Waals surface area contributed by atoms with Crippen molar-refractivity contribution in [2.24, 2.45) is 0 Å². The summed E-state index contributed by atoms with van der Waals surface area (Å²) in [4.78, 5) is 50.2. The Labute approximate surface area is 198 Å². The van der Waals surface area contributed by atoms with Crippen molar-refractivity contribution in [3.63, 3.8) is 0 Å². The van der Waals surface area contributed by atoms with E-state index in [2.05, 4.69) is 10.6 Å². The first kappa shape index (κ1) is 17.8. The minimum Gasteiger partial charge on any atom is -0.288 e. The number of carbonyl (C=O) groups is 4. The molecule has 6 aromatic carbocycles. The van der Waals surface area contributed by atoms with Crippen molar-refractivity contribution < 1.29 is 19.2 Å². The van der Waals surface area contributed by atoms with E-state index in [1.54, 1.807) is 35.6 Å². The third kappa shape index (κ3) is 1.78. The lowest BCUT2D eigenvalue weighted by atomic mass is 9.92. The first-order chi connectivity index (χ1) is 17.0. The molecule has 3 heterocycles. The van der Waals surface area contributed by atoms with Gasteiger partial charge in [0.1, 0.15) is 0 Å². The summed E-state index contributed by atoms with van der Waals surface area (Å²) in [6, 6.07) is 15.1. The van der Waals surface area contributed by atoms with Crippen molar-refractivity contribution >= 4 is 98.2 Å². The maximum Gasteiger partial charge on any atom is 0.258 e. The SMILES string of the molecule is O=C1NC(=O)c2ccc3c4c2c1ccc4c1sc2c4ccc5c6c(ccc(c64)c2c31)C(=O)NC5=O. The zero-order valence-corrected chi connectivity index (χ0v) is 18.5. The molecule has 162 valence electrons. The molecule has 2 aliphatic rings. The van der Waals surface area contributed by atoms with E-state index in [-0.39, 0.29) is 23.6 Å². The largest absolute Gasteiger partial charge is 0.288 e. The molecular weight excluding hydrogens is 460 g/mol. The van der Waals surface area contributed by atoms with Gasteiger partial charge < -0.3 is 0 Å². The van der Waals surface area contributed by atoms with Crippen LogP contribution in [0.2, 0.25) is 0 Å². The Morgan fingerprint density at radius 3 is 1.11 bits per heavy atom. The fraction of sp³-hybridized carbons (Fsp3) is 0. The minimum atomic E-state index is -0.374. The van der Waals surface area contributed by atoms with Crippen LogP contribution >= 0.6 is 11.3 Å². The molecule has 1 aromatic heterocycles. The van der Waals surface area contributed by atoms with Gasteiger partial charge in [0, 0.05) is 64.0 Å². The average Bonchev–Trinajstić information content (AvgIpc) is 3.47. The fourth-order valence-electron chi connectivity index (χ4n) is 6.34. The molecule has 0 unspecified atom stereocenters. The number of rotatable bonds is 0. The Balaban J connectivity index is 1.55. The van der Waals surface area contributed by atoms with E-state index in [9.17, 15) is 19.2 Å². The molecule has 0 saturated carbocycles. The third-order valence-electron chi connectivity index (χ3n) is 7.69. The molecule has 7 heteroatoms. The van der Waals surface area contributed by atoms with Gasteiger partial charge in [-0.1, -0.05) is 24.3 Å². The molecule has 0 atom stereocenters. The van der Waals surface area contributed by atoms with E-state index < -0.39 is 0 Å². The Kier molecular flexibility index (Phi) is 2.73. The van der Waals surface area contributed by atoms with E-state index in [0.29, 0.717) is 33.0 Å². The molecule has 0 aliphatic carbocycles. The molecule has 4 amide bonds. The van der Waals surface area contributed by atoms with Crippen molar-refractivity contribution in [1.82, 2.24) is 10.6 Å². The normalized spacial score (nSPS) is 15.5. The molecule has 9 rings (SSSR count). The van der Waals surface area contributed by atoms with Crippen molar-refractivity contribution in [3.05, 3.63) is 70.8 Å². The van der Waals surface area contributed by atoms with Crippen LogP contribution in [0.25, 0.3) is 63.3 Å². The van der Waals surface area contributed by atoms with Crippen LogP contribution in [0.3, 0.4) is 0 Å². The van der Waals surface area contributed by atoms with Gasteiger partial charge in [-0.15, -0.1) is 11.3 Å². The number of benzene rings is 4. The summed E-state index contributed by atoms with van der Waals surface area (Å²) < 4.78 is 2.22. The number of carbonyl (C=O) groups excluding carboxylic acids is 4. The van der Waals surface area contributed by atoms with Crippen LogP contribution in [0.1, 0.15) is 41.4 Å². The Morgan fingerprint density at radius 2 is 0.743 bits per heavy atom. The summed E-state index contributed by atoms with van der Waals surface area (Å²) in [6.07, 6.45) is 0. The molecule has 0 saturated heterocycles. The second-order valence-corrected chi connectivity index (χ2v) is 10.2. The molecular formula is C28H10N2O4S. The lowest BCUT2D eigenvalue weighted by Crippen LogP contribution is -2.34. The molecule has 2 aliphatic heterocycles.